The van der Waals surface area contributed by atoms with Crippen molar-refractivity contribution in [3.05, 3.63) is 71.0 Å². The first-order chi connectivity index (χ1) is 17.0. The van der Waals surface area contributed by atoms with Gasteiger partial charge in [-0.25, -0.2) is 9.13 Å². The molecule has 3 rings (SSSR count). The van der Waals surface area contributed by atoms with E-state index in [0.29, 0.717) is 29.4 Å². The Balaban J connectivity index is 2.38. The first kappa shape index (κ1) is 28.3. The third kappa shape index (κ3) is 5.84. The first-order valence-electron chi connectivity index (χ1n) is 12.7. The molecule has 0 aliphatic rings. The van der Waals surface area contributed by atoms with E-state index in [2.05, 4.69) is 101 Å². The van der Waals surface area contributed by atoms with E-state index in [1.807, 2.05) is 12.4 Å². The van der Waals surface area contributed by atoms with Crippen LogP contribution in [0, 0.1) is 0 Å². The van der Waals surface area contributed by atoms with Crippen LogP contribution in [0.4, 0.5) is 0 Å². The molecule has 0 unspecified atom stereocenters. The van der Waals surface area contributed by atoms with Crippen LogP contribution in [0.2, 0.25) is 0 Å². The van der Waals surface area contributed by atoms with Crippen molar-refractivity contribution in [1.29, 1.82) is 0 Å². The molecule has 0 aliphatic heterocycles. The molecule has 1 aromatic heterocycles. The van der Waals surface area contributed by atoms with Gasteiger partial charge in [0, 0.05) is 22.3 Å². The van der Waals surface area contributed by atoms with Crippen molar-refractivity contribution < 1.29 is 14.0 Å². The minimum atomic E-state index is -1.26. The molecule has 4 nitrogen and oxygen atoms in total. The van der Waals surface area contributed by atoms with Gasteiger partial charge in [0.2, 0.25) is 0 Å². The second-order valence-corrected chi connectivity index (χ2v) is 11.5. The van der Waals surface area contributed by atoms with Gasteiger partial charge in [-0.1, -0.05) is 115 Å². The van der Waals surface area contributed by atoms with Crippen LogP contribution in [-0.2, 0) is 9.45 Å². The molecule has 0 N–H and O–H groups in total. The summed E-state index contributed by atoms with van der Waals surface area (Å²) in [5, 5.41) is 0. The zero-order valence-electron chi connectivity index (χ0n) is 22.5. The maximum absolute atomic E-state index is 12.3. The van der Waals surface area contributed by atoms with E-state index < -0.39 is 10.8 Å². The predicted molar refractivity (Wildman–Crippen MR) is 151 cm³/mol. The third-order valence-electron chi connectivity index (χ3n) is 6.48. The summed E-state index contributed by atoms with van der Waals surface area (Å²) >= 11 is 11.6. The first-order valence-corrected chi connectivity index (χ1v) is 13.5. The van der Waals surface area contributed by atoms with E-state index in [9.17, 15) is 4.79 Å². The van der Waals surface area contributed by atoms with Crippen molar-refractivity contribution in [1.82, 2.24) is 4.57 Å². The van der Waals surface area contributed by atoms with Crippen LogP contribution in [-0.4, -0.2) is 22.9 Å². The highest BCUT2D eigenvalue weighted by Gasteiger charge is 2.26. The highest BCUT2D eigenvalue weighted by molar-refractivity contribution is 6.55. The Morgan fingerprint density at radius 1 is 0.806 bits per heavy atom. The van der Waals surface area contributed by atoms with Gasteiger partial charge in [0.15, 0.2) is 4.84 Å². The number of aromatic nitrogens is 2. The van der Waals surface area contributed by atoms with E-state index in [0.717, 1.165) is 11.4 Å². The van der Waals surface area contributed by atoms with E-state index in [4.69, 9.17) is 27.9 Å². The minimum Gasteiger partial charge on any atom is -0.735 e. The molecule has 0 spiro atoms. The van der Waals surface area contributed by atoms with Crippen LogP contribution >= 0.6 is 23.2 Å². The molecular formula is C29H37BCl2N2O2. The Labute approximate surface area is 226 Å². The summed E-state index contributed by atoms with van der Waals surface area (Å²) in [7, 11) is 1.47. The van der Waals surface area contributed by atoms with Crippen LogP contribution in [0.25, 0.3) is 11.4 Å². The SMILES string of the molecule is CC(C)c1cccc(C(C)C)c1-n1cc[n+](-c2c(C(C)C)cccc2C(C)C)c1[B-]OC(=O)C(Cl)Cl. The summed E-state index contributed by atoms with van der Waals surface area (Å²) in [6, 6.07) is 12.9. The molecule has 192 valence electrons. The van der Waals surface area contributed by atoms with Gasteiger partial charge in [0.05, 0.1) is 13.2 Å². The molecule has 0 saturated heterocycles. The Morgan fingerprint density at radius 3 is 1.67 bits per heavy atom. The maximum atomic E-state index is 12.3. The highest BCUT2D eigenvalue weighted by Crippen LogP contribution is 2.31. The van der Waals surface area contributed by atoms with Gasteiger partial charge >= 0.3 is 0 Å². The van der Waals surface area contributed by atoms with Crippen LogP contribution in [0.15, 0.2) is 48.8 Å². The monoisotopic (exact) mass is 526 g/mol. The summed E-state index contributed by atoms with van der Waals surface area (Å²) in [5.74, 6) is 0.492. The Morgan fingerprint density at radius 2 is 1.25 bits per heavy atom. The lowest BCUT2D eigenvalue weighted by molar-refractivity contribution is -0.577. The summed E-state index contributed by atoms with van der Waals surface area (Å²) in [5.41, 5.74) is 7.80. The van der Waals surface area contributed by atoms with Crippen molar-refractivity contribution in [3.8, 4) is 11.4 Å². The second-order valence-electron chi connectivity index (χ2n) is 10.4. The second kappa shape index (κ2) is 11.9. The summed E-state index contributed by atoms with van der Waals surface area (Å²) in [6.07, 6.45) is 4.10. The summed E-state index contributed by atoms with van der Waals surface area (Å²) in [4.78, 5) is 11.0. The molecule has 0 fully saturated rings. The fourth-order valence-corrected chi connectivity index (χ4v) is 4.74. The van der Waals surface area contributed by atoms with Gasteiger partial charge in [0.25, 0.3) is 5.97 Å². The molecule has 0 atom stereocenters. The summed E-state index contributed by atoms with van der Waals surface area (Å²) in [6.45, 7) is 17.6. The van der Waals surface area contributed by atoms with E-state index in [1.54, 1.807) is 0 Å². The van der Waals surface area contributed by atoms with Crippen LogP contribution in [0.5, 0.6) is 0 Å². The van der Waals surface area contributed by atoms with E-state index >= 15 is 0 Å². The van der Waals surface area contributed by atoms with Crippen molar-refractivity contribution in [2.24, 2.45) is 0 Å². The number of hydrogen-bond donors (Lipinski definition) is 0. The number of imidazole rings is 1. The quantitative estimate of drug-likeness (QED) is 0.174. The van der Waals surface area contributed by atoms with Crippen molar-refractivity contribution in [2.75, 3.05) is 0 Å². The fraction of sp³-hybridized carbons (Fsp3) is 0.448. The number of alkyl halides is 2. The molecule has 0 amide bonds. The van der Waals surface area contributed by atoms with Gasteiger partial charge in [-0.05, 0) is 23.7 Å². The number of para-hydroxylation sites is 2. The van der Waals surface area contributed by atoms with Gasteiger partial charge in [-0.15, -0.1) is 0 Å². The minimum absolute atomic E-state index is 0.300. The molecule has 0 aliphatic carbocycles. The van der Waals surface area contributed by atoms with Gasteiger partial charge in [-0.2, -0.15) is 0 Å². The smallest absolute Gasteiger partial charge is 0.287 e. The van der Waals surface area contributed by atoms with E-state index in [1.165, 1.54) is 29.7 Å². The lowest BCUT2D eigenvalue weighted by Crippen LogP contribution is -2.53. The van der Waals surface area contributed by atoms with Crippen LogP contribution in [0.3, 0.4) is 0 Å². The van der Waals surface area contributed by atoms with Gasteiger partial charge < -0.3 is 4.65 Å². The number of hydrogen-bond acceptors (Lipinski definition) is 2. The number of rotatable bonds is 9. The maximum Gasteiger partial charge on any atom is 0.287 e. The molecule has 36 heavy (non-hydrogen) atoms. The molecule has 3 aromatic rings. The fourth-order valence-electron chi connectivity index (χ4n) is 4.64. The Bertz CT molecular complexity index is 1080. The number of benzene rings is 2. The van der Waals surface area contributed by atoms with Crippen molar-refractivity contribution >= 4 is 42.4 Å². The van der Waals surface area contributed by atoms with Crippen LogP contribution in [0.1, 0.15) is 101 Å². The van der Waals surface area contributed by atoms with Crippen molar-refractivity contribution in [2.45, 2.75) is 83.9 Å². The number of carbonyl (C=O) groups excluding carboxylic acids is 1. The number of halogens is 2. The predicted octanol–water partition coefficient (Wildman–Crippen LogP) is 6.84. The topological polar surface area (TPSA) is 35.1 Å². The number of carbonyl (C=O) groups is 1. The molecular weight excluding hydrogens is 490 g/mol. The standard InChI is InChI=1S/C29H37BCl2N2O2/c1-17(2)21-11-9-12-22(18(3)4)25(21)33-15-16-34(29(33)30-36-28(35)27(31)32)26-23(19(5)6)13-10-14-24(26)20(7)8/h9-20,27H,1-8H3. The average molecular weight is 527 g/mol. The van der Waals surface area contributed by atoms with Gasteiger partial charge in [0.1, 0.15) is 23.8 Å². The zero-order valence-corrected chi connectivity index (χ0v) is 24.1. The van der Waals surface area contributed by atoms with E-state index in [-0.39, 0.29) is 0 Å². The molecule has 1 heterocycles. The largest absolute Gasteiger partial charge is 0.735 e. The summed E-state index contributed by atoms with van der Waals surface area (Å²) < 4.78 is 9.75. The third-order valence-corrected chi connectivity index (χ3v) is 6.84. The zero-order chi connectivity index (χ0) is 26.7. The molecule has 7 heteroatoms. The lowest BCUT2D eigenvalue weighted by Gasteiger charge is -2.24. The molecule has 0 saturated carbocycles. The Hall–Kier alpha value is -2.24. The van der Waals surface area contributed by atoms with Crippen LogP contribution < -0.4 is 10.3 Å². The molecule has 0 bridgehead atoms. The van der Waals surface area contributed by atoms with Crippen molar-refractivity contribution in [3.63, 3.8) is 0 Å². The molecule has 2 radical (unpaired) electrons. The van der Waals surface area contributed by atoms with Gasteiger partial charge in [-0.3, -0.25) is 4.79 Å². The lowest BCUT2D eigenvalue weighted by atomic mass is 9.90. The normalized spacial score (nSPS) is 12.0. The average Bonchev–Trinajstić information content (AvgIpc) is 3.24. The Kier molecular flexibility index (Phi) is 9.35. The molecule has 2 aromatic carbocycles. The number of nitrogens with zero attached hydrogens (tertiary/aromatic N) is 2. The highest BCUT2D eigenvalue weighted by atomic mass is 35.5.